The van der Waals surface area contributed by atoms with E-state index in [9.17, 15) is 0 Å². The van der Waals surface area contributed by atoms with Gasteiger partial charge in [0.15, 0.2) is 0 Å². The summed E-state index contributed by atoms with van der Waals surface area (Å²) in [4.78, 5) is 0. The van der Waals surface area contributed by atoms with E-state index in [1.54, 1.807) is 0 Å². The first-order valence-corrected chi connectivity index (χ1v) is 4.46. The number of fused-ring (bicyclic) bond motifs is 2. The summed E-state index contributed by atoms with van der Waals surface area (Å²) < 4.78 is 5.79. The Balaban J connectivity index is 2.02. The molecule has 2 saturated heterocycles. The molecule has 0 aromatic rings. The average molecular weight is 140 g/mol. The highest BCUT2D eigenvalue weighted by atomic mass is 16.5. The molecule has 0 aromatic heterocycles. The molecule has 10 heavy (non-hydrogen) atoms. The van der Waals surface area contributed by atoms with Crippen LogP contribution in [0.15, 0.2) is 0 Å². The summed E-state index contributed by atoms with van der Waals surface area (Å²) in [5.74, 6) is 1.73. The summed E-state index contributed by atoms with van der Waals surface area (Å²) in [5, 5.41) is 0. The summed E-state index contributed by atoms with van der Waals surface area (Å²) in [6, 6.07) is 0. The van der Waals surface area contributed by atoms with Gasteiger partial charge in [-0.2, -0.15) is 0 Å². The van der Waals surface area contributed by atoms with Gasteiger partial charge in [-0.15, -0.1) is 0 Å². The molecule has 2 heterocycles. The van der Waals surface area contributed by atoms with Crippen molar-refractivity contribution in [1.82, 2.24) is 0 Å². The van der Waals surface area contributed by atoms with E-state index >= 15 is 0 Å². The zero-order valence-corrected chi connectivity index (χ0v) is 6.84. The van der Waals surface area contributed by atoms with E-state index in [4.69, 9.17) is 4.74 Å². The molecule has 58 valence electrons. The van der Waals surface area contributed by atoms with Crippen LogP contribution in [0.2, 0.25) is 0 Å². The molecular weight excluding hydrogens is 124 g/mol. The molecule has 0 radical (unpaired) electrons. The van der Waals surface area contributed by atoms with Crippen LogP contribution >= 0.6 is 0 Å². The Bertz CT molecular complexity index is 131. The van der Waals surface area contributed by atoms with Crippen molar-refractivity contribution in [2.75, 3.05) is 0 Å². The van der Waals surface area contributed by atoms with Crippen molar-refractivity contribution < 1.29 is 4.74 Å². The van der Waals surface area contributed by atoms with Gasteiger partial charge in [0.1, 0.15) is 0 Å². The number of hydrogen-bond donors (Lipinski definition) is 0. The molecular formula is C9H16O. The molecule has 2 aliphatic heterocycles. The van der Waals surface area contributed by atoms with Crippen LogP contribution in [0.4, 0.5) is 0 Å². The van der Waals surface area contributed by atoms with Crippen LogP contribution in [0, 0.1) is 11.8 Å². The monoisotopic (exact) mass is 140 g/mol. The van der Waals surface area contributed by atoms with E-state index in [1.807, 2.05) is 0 Å². The van der Waals surface area contributed by atoms with Crippen LogP contribution < -0.4 is 0 Å². The highest BCUT2D eigenvalue weighted by molar-refractivity contribution is 4.92. The van der Waals surface area contributed by atoms with E-state index < -0.39 is 0 Å². The zero-order chi connectivity index (χ0) is 7.14. The van der Waals surface area contributed by atoms with Crippen LogP contribution in [-0.2, 0) is 4.74 Å². The first-order valence-electron chi connectivity index (χ1n) is 4.46. The molecule has 0 amide bonds. The maximum Gasteiger partial charge on any atom is 0.0611 e. The van der Waals surface area contributed by atoms with Gasteiger partial charge in [-0.1, -0.05) is 20.3 Å². The van der Waals surface area contributed by atoms with Crippen molar-refractivity contribution in [2.24, 2.45) is 11.8 Å². The predicted octanol–water partition coefficient (Wildman–Crippen LogP) is 2.21. The van der Waals surface area contributed by atoms with Gasteiger partial charge in [-0.05, 0) is 24.7 Å². The molecule has 0 saturated carbocycles. The maximum absolute atomic E-state index is 5.79. The Labute approximate surface area is 62.8 Å². The smallest absolute Gasteiger partial charge is 0.0611 e. The van der Waals surface area contributed by atoms with Crippen molar-refractivity contribution in [3.8, 4) is 0 Å². The molecule has 2 bridgehead atoms. The molecule has 0 aliphatic carbocycles. The molecule has 1 heteroatoms. The average Bonchev–Trinajstić information content (AvgIpc) is 2.44. The lowest BCUT2D eigenvalue weighted by atomic mass is 9.82. The number of ether oxygens (including phenoxy) is 1. The second-order valence-electron chi connectivity index (χ2n) is 3.83. The van der Waals surface area contributed by atoms with Gasteiger partial charge >= 0.3 is 0 Å². The lowest BCUT2D eigenvalue weighted by molar-refractivity contribution is 0.0856. The molecule has 0 aromatic carbocycles. The van der Waals surface area contributed by atoms with Crippen molar-refractivity contribution in [2.45, 2.75) is 45.3 Å². The van der Waals surface area contributed by atoms with Gasteiger partial charge in [0.25, 0.3) is 0 Å². The van der Waals surface area contributed by atoms with Gasteiger partial charge in [0, 0.05) is 0 Å². The Kier molecular flexibility index (Phi) is 1.48. The van der Waals surface area contributed by atoms with E-state index in [-0.39, 0.29) is 0 Å². The third-order valence-corrected chi connectivity index (χ3v) is 3.17. The van der Waals surface area contributed by atoms with Gasteiger partial charge in [-0.25, -0.2) is 0 Å². The van der Waals surface area contributed by atoms with Crippen LogP contribution in [0.5, 0.6) is 0 Å². The first kappa shape index (κ1) is 6.66. The maximum atomic E-state index is 5.79. The van der Waals surface area contributed by atoms with Crippen molar-refractivity contribution in [3.05, 3.63) is 0 Å². The summed E-state index contributed by atoms with van der Waals surface area (Å²) >= 11 is 0. The van der Waals surface area contributed by atoms with E-state index in [1.165, 1.54) is 19.3 Å². The minimum absolute atomic E-state index is 0.620. The Morgan fingerprint density at radius 2 is 2.10 bits per heavy atom. The predicted molar refractivity (Wildman–Crippen MR) is 40.8 cm³/mol. The number of hydrogen-bond acceptors (Lipinski definition) is 1. The molecule has 2 fully saturated rings. The van der Waals surface area contributed by atoms with Crippen LogP contribution in [0.25, 0.3) is 0 Å². The molecule has 2 aliphatic rings. The topological polar surface area (TPSA) is 9.23 Å². The van der Waals surface area contributed by atoms with E-state index in [0.717, 1.165) is 11.8 Å². The molecule has 1 nitrogen and oxygen atoms in total. The van der Waals surface area contributed by atoms with Gasteiger partial charge in [-0.3, -0.25) is 0 Å². The second-order valence-corrected chi connectivity index (χ2v) is 3.83. The fourth-order valence-corrected chi connectivity index (χ4v) is 2.40. The van der Waals surface area contributed by atoms with Gasteiger partial charge < -0.3 is 4.74 Å². The van der Waals surface area contributed by atoms with Crippen molar-refractivity contribution in [3.63, 3.8) is 0 Å². The second kappa shape index (κ2) is 2.23. The molecule has 4 atom stereocenters. The van der Waals surface area contributed by atoms with Crippen molar-refractivity contribution in [1.29, 1.82) is 0 Å². The van der Waals surface area contributed by atoms with E-state index in [2.05, 4.69) is 13.8 Å². The minimum Gasteiger partial charge on any atom is -0.374 e. The largest absolute Gasteiger partial charge is 0.374 e. The van der Waals surface area contributed by atoms with Crippen LogP contribution in [0.1, 0.15) is 33.1 Å². The SMILES string of the molecule is CC[C@@H]1C[C@H]2O[C@@H]1C[C@H]2C. The van der Waals surface area contributed by atoms with Gasteiger partial charge in [0.05, 0.1) is 12.2 Å². The van der Waals surface area contributed by atoms with Crippen LogP contribution in [0.3, 0.4) is 0 Å². The summed E-state index contributed by atoms with van der Waals surface area (Å²) in [7, 11) is 0. The van der Waals surface area contributed by atoms with Crippen LogP contribution in [-0.4, -0.2) is 12.2 Å². The summed E-state index contributed by atoms with van der Waals surface area (Å²) in [5.41, 5.74) is 0. The quantitative estimate of drug-likeness (QED) is 0.542. The Morgan fingerprint density at radius 1 is 1.30 bits per heavy atom. The Morgan fingerprint density at radius 3 is 2.50 bits per heavy atom. The lowest BCUT2D eigenvalue weighted by Crippen LogP contribution is -2.20. The lowest BCUT2D eigenvalue weighted by Gasteiger charge is -2.20. The fourth-order valence-electron chi connectivity index (χ4n) is 2.40. The number of rotatable bonds is 1. The Hall–Kier alpha value is -0.0400. The standard InChI is InChI=1S/C9H16O/c1-3-7-5-8-6(2)4-9(7)10-8/h6-9H,3-5H2,1-2H3/t6-,7-,8-,9-/m1/s1. The minimum atomic E-state index is 0.620. The molecule has 0 spiro atoms. The van der Waals surface area contributed by atoms with Gasteiger partial charge in [0.2, 0.25) is 0 Å². The normalized spacial score (nSPS) is 52.2. The van der Waals surface area contributed by atoms with Crippen molar-refractivity contribution >= 4 is 0 Å². The molecule has 0 N–H and O–H groups in total. The summed E-state index contributed by atoms with van der Waals surface area (Å²) in [6.07, 6.45) is 5.22. The highest BCUT2D eigenvalue weighted by Crippen LogP contribution is 2.43. The molecule has 2 rings (SSSR count). The highest BCUT2D eigenvalue weighted by Gasteiger charge is 2.43. The molecule has 0 unspecified atom stereocenters. The van der Waals surface area contributed by atoms with E-state index in [0.29, 0.717) is 12.2 Å². The first-order chi connectivity index (χ1) is 4.81. The third-order valence-electron chi connectivity index (χ3n) is 3.17. The third kappa shape index (κ3) is 0.800. The fraction of sp³-hybridized carbons (Fsp3) is 1.00. The zero-order valence-electron chi connectivity index (χ0n) is 6.84. The summed E-state index contributed by atoms with van der Waals surface area (Å²) in [6.45, 7) is 4.59.